The van der Waals surface area contributed by atoms with Crippen LogP contribution in [0.15, 0.2) is 0 Å². The van der Waals surface area contributed by atoms with E-state index in [9.17, 15) is 18.9 Å². The summed E-state index contributed by atoms with van der Waals surface area (Å²) in [5, 5.41) is 18.3. The fraction of sp³-hybridized carbons (Fsp3) is 1.00. The summed E-state index contributed by atoms with van der Waals surface area (Å²) in [5.41, 5.74) is 0. The molecular weight excluding hydrogens is 648 g/mol. The van der Waals surface area contributed by atoms with Crippen LogP contribution in [0, 0.1) is 0 Å². The van der Waals surface area contributed by atoms with Crippen LogP contribution in [0.4, 0.5) is 0 Å². The van der Waals surface area contributed by atoms with E-state index in [0.717, 1.165) is 19.3 Å². The minimum absolute atomic E-state index is 0.00652. The lowest BCUT2D eigenvalue weighted by Crippen LogP contribution is -2.44. The number of nitrogens with zero attached hydrogens (tertiary/aromatic N) is 3. The molecule has 0 aromatic heterocycles. The molecule has 0 bridgehead atoms. The van der Waals surface area contributed by atoms with E-state index in [4.69, 9.17) is 28.3 Å². The summed E-state index contributed by atoms with van der Waals surface area (Å²) < 4.78 is 45.6. The summed E-state index contributed by atoms with van der Waals surface area (Å²) in [6.45, 7) is 4.80. The quantitative estimate of drug-likeness (QED) is 0.0555. The predicted octanol–water partition coefficient (Wildman–Crippen LogP) is 3.91. The van der Waals surface area contributed by atoms with Crippen molar-refractivity contribution < 1.29 is 56.2 Å². The minimum atomic E-state index is -4.51. The lowest BCUT2D eigenvalue weighted by Gasteiger charge is -2.31. The molecule has 0 aliphatic heterocycles. The largest absolute Gasteiger partial charge is 0.756 e. The molecule has 0 radical (unpaired) electrons. The third-order valence-electron chi connectivity index (χ3n) is 8.44. The van der Waals surface area contributed by atoms with Crippen LogP contribution in [0.3, 0.4) is 0 Å². The van der Waals surface area contributed by atoms with Crippen LogP contribution in [0.2, 0.25) is 0 Å². The highest BCUT2D eigenvalue weighted by molar-refractivity contribution is 7.46. The number of phosphoric acid groups is 2. The van der Waals surface area contributed by atoms with Crippen LogP contribution in [0.1, 0.15) is 96.8 Å². The van der Waals surface area contributed by atoms with Crippen molar-refractivity contribution in [1.82, 2.24) is 4.90 Å². The first kappa shape index (κ1) is 47.0. The topological polar surface area (TPSA) is 161 Å². The molecule has 13 nitrogen and oxygen atoms in total. The normalized spacial score (nSPS) is 15.3. The maximum Gasteiger partial charge on any atom is 0.268 e. The number of phosphoric ester groups is 2. The Morgan fingerprint density at radius 1 is 0.511 bits per heavy atom. The van der Waals surface area contributed by atoms with Gasteiger partial charge < -0.3 is 47.1 Å². The molecule has 2 N–H and O–H groups in total. The number of aliphatic hydroxyl groups is 2. The second-order valence-electron chi connectivity index (χ2n) is 13.9. The second-order valence-corrected chi connectivity index (χ2v) is 16.7. The number of aliphatic hydroxyl groups excluding tert-OH is 2. The molecule has 2 unspecified atom stereocenters. The van der Waals surface area contributed by atoms with Crippen LogP contribution in [-0.2, 0) is 27.2 Å². The summed E-state index contributed by atoms with van der Waals surface area (Å²) in [5.74, 6) is 0. The second kappa shape index (κ2) is 27.7. The average molecular weight is 720 g/mol. The zero-order valence-corrected chi connectivity index (χ0v) is 32.3. The Bertz CT molecular complexity index is 789. The van der Waals surface area contributed by atoms with E-state index in [0.29, 0.717) is 41.7 Å². The van der Waals surface area contributed by atoms with Gasteiger partial charge in [-0.1, -0.05) is 90.4 Å². The average Bonchev–Trinajstić information content (AvgIpc) is 2.96. The fourth-order valence-electron chi connectivity index (χ4n) is 5.07. The highest BCUT2D eigenvalue weighted by Gasteiger charge is 2.19. The molecule has 0 amide bonds. The van der Waals surface area contributed by atoms with Crippen LogP contribution < -0.4 is 9.79 Å². The van der Waals surface area contributed by atoms with E-state index < -0.39 is 15.6 Å². The molecule has 15 heteroatoms. The molecule has 0 saturated heterocycles. The Morgan fingerprint density at radius 2 is 0.830 bits per heavy atom. The predicted molar refractivity (Wildman–Crippen MR) is 184 cm³/mol. The van der Waals surface area contributed by atoms with Gasteiger partial charge in [0.1, 0.15) is 39.4 Å². The zero-order valence-electron chi connectivity index (χ0n) is 30.5. The van der Waals surface area contributed by atoms with Crippen molar-refractivity contribution in [1.29, 1.82) is 0 Å². The highest BCUT2D eigenvalue weighted by Crippen LogP contribution is 2.39. The van der Waals surface area contributed by atoms with Crippen molar-refractivity contribution in [2.24, 2.45) is 0 Å². The Labute approximate surface area is 286 Å². The number of rotatable bonds is 35. The van der Waals surface area contributed by atoms with Gasteiger partial charge in [-0.2, -0.15) is 0 Å². The monoisotopic (exact) mass is 719 g/mol. The first-order valence-electron chi connectivity index (χ1n) is 18.0. The van der Waals surface area contributed by atoms with Gasteiger partial charge in [-0.05, 0) is 13.0 Å². The summed E-state index contributed by atoms with van der Waals surface area (Å²) in [7, 11) is -1.54. The van der Waals surface area contributed by atoms with Crippen LogP contribution >= 0.6 is 15.6 Å². The summed E-state index contributed by atoms with van der Waals surface area (Å²) in [6.07, 6.45) is 17.5. The molecule has 0 fully saturated rings. The minimum Gasteiger partial charge on any atom is -0.756 e. The Morgan fingerprint density at radius 3 is 1.17 bits per heavy atom. The van der Waals surface area contributed by atoms with Gasteiger partial charge in [-0.3, -0.25) is 14.0 Å². The standard InChI is InChI=1S/C32H71N3O10P2/c1-6-7-8-9-10-11-12-13-14-15-16-17-18-19-20-33(21-29-42-46(38,39)44-31-25-34(2,3)23-27-36)22-30-43-47(40,41)45-32-26-35(4,5)24-28-37/h36-37H,6-32H2,1-5H3. The maximum atomic E-state index is 12.3. The third kappa shape index (κ3) is 30.6. The molecule has 0 heterocycles. The number of unbranched alkanes of at least 4 members (excludes halogenated alkanes) is 13. The molecule has 0 aromatic carbocycles. The number of hydrogen-bond acceptors (Lipinski definition) is 11. The maximum absolute atomic E-state index is 12.3. The molecule has 0 aliphatic carbocycles. The molecule has 284 valence electrons. The van der Waals surface area contributed by atoms with E-state index in [1.54, 1.807) is 0 Å². The first-order chi connectivity index (χ1) is 22.2. The summed E-state index contributed by atoms with van der Waals surface area (Å²) in [4.78, 5) is 26.5. The SMILES string of the molecule is CCCCCCCCCCCCCCCCN(CCOP(=O)([O-])OCC[N+](C)(C)CCO)CCOP(=O)([O-])OCC[N+](C)(C)CCO. The van der Waals surface area contributed by atoms with E-state index in [2.05, 4.69) is 6.92 Å². The summed E-state index contributed by atoms with van der Waals surface area (Å²) in [6, 6.07) is 0. The zero-order chi connectivity index (χ0) is 35.5. The van der Waals surface area contributed by atoms with Crippen molar-refractivity contribution in [3.63, 3.8) is 0 Å². The van der Waals surface area contributed by atoms with Crippen molar-refractivity contribution in [2.75, 3.05) is 114 Å². The van der Waals surface area contributed by atoms with E-state index >= 15 is 0 Å². The highest BCUT2D eigenvalue weighted by atomic mass is 31.2. The molecule has 47 heavy (non-hydrogen) atoms. The van der Waals surface area contributed by atoms with Gasteiger partial charge in [0.15, 0.2) is 0 Å². The smallest absolute Gasteiger partial charge is 0.268 e. The van der Waals surface area contributed by atoms with Gasteiger partial charge in [-0.15, -0.1) is 0 Å². The molecule has 0 spiro atoms. The Balaban J connectivity index is 4.58. The number of likely N-dealkylation sites (N-methyl/N-ethyl adjacent to an activating group) is 2. The van der Waals surface area contributed by atoms with Crippen molar-refractivity contribution in [3.8, 4) is 0 Å². The van der Waals surface area contributed by atoms with Crippen molar-refractivity contribution in [2.45, 2.75) is 96.8 Å². The van der Waals surface area contributed by atoms with Gasteiger partial charge in [0.2, 0.25) is 0 Å². The van der Waals surface area contributed by atoms with Crippen LogP contribution in [0.25, 0.3) is 0 Å². The third-order valence-corrected chi connectivity index (χ3v) is 10.4. The first-order valence-corrected chi connectivity index (χ1v) is 20.9. The molecule has 0 aliphatic rings. The van der Waals surface area contributed by atoms with Crippen molar-refractivity contribution in [3.05, 3.63) is 0 Å². The number of hydrogen-bond donors (Lipinski definition) is 2. The van der Waals surface area contributed by atoms with Crippen molar-refractivity contribution >= 4 is 15.6 Å². The van der Waals surface area contributed by atoms with E-state index in [1.165, 1.54) is 70.6 Å². The Hall–Kier alpha value is 0.0200. The van der Waals surface area contributed by atoms with E-state index in [1.807, 2.05) is 33.1 Å². The van der Waals surface area contributed by atoms with Crippen LogP contribution in [0.5, 0.6) is 0 Å². The lowest BCUT2D eigenvalue weighted by atomic mass is 10.0. The molecule has 2 atom stereocenters. The van der Waals surface area contributed by atoms with Gasteiger partial charge >= 0.3 is 0 Å². The molecular formula is C32H71N3O10P2. The van der Waals surface area contributed by atoms with Crippen LogP contribution in [-0.4, -0.2) is 138 Å². The molecule has 0 rings (SSSR count). The number of quaternary nitrogens is 2. The molecule has 0 aromatic rings. The van der Waals surface area contributed by atoms with Gasteiger partial charge in [0.05, 0.1) is 54.6 Å². The Kier molecular flexibility index (Phi) is 27.7. The van der Waals surface area contributed by atoms with Gasteiger partial charge in [-0.25, -0.2) is 0 Å². The van der Waals surface area contributed by atoms with Gasteiger partial charge in [0, 0.05) is 13.1 Å². The lowest BCUT2D eigenvalue weighted by molar-refractivity contribution is -0.890. The summed E-state index contributed by atoms with van der Waals surface area (Å²) >= 11 is 0. The fourth-order valence-corrected chi connectivity index (χ4v) is 6.44. The molecule has 0 saturated carbocycles. The van der Waals surface area contributed by atoms with E-state index in [-0.39, 0.29) is 52.7 Å². The van der Waals surface area contributed by atoms with Gasteiger partial charge in [0.25, 0.3) is 15.6 Å².